The summed E-state index contributed by atoms with van der Waals surface area (Å²) in [6.07, 6.45) is -0.359. The summed E-state index contributed by atoms with van der Waals surface area (Å²) in [5.74, 6) is 0.718. The first kappa shape index (κ1) is 17.3. The van der Waals surface area contributed by atoms with E-state index < -0.39 is 11.6 Å². The fraction of sp³-hybridized carbons (Fsp3) is 0.538. The minimum atomic E-state index is -1.02. The van der Waals surface area contributed by atoms with Crippen molar-refractivity contribution in [3.63, 3.8) is 0 Å². The molecular weight excluding hydrogens is 395 g/mol. The van der Waals surface area contributed by atoms with Crippen molar-refractivity contribution >= 4 is 40.3 Å². The summed E-state index contributed by atoms with van der Waals surface area (Å²) < 4.78 is 6.44. The summed E-state index contributed by atoms with van der Waals surface area (Å²) >= 11 is 8.06. The largest absolute Gasteiger partial charge is 0.490 e. The maximum absolute atomic E-state index is 10.7. The SMILES string of the molecule is C[C@H](COc1ccc(I)nc1Cl)CC(C)(C)NC(=O)O. The Morgan fingerprint density at radius 3 is 2.80 bits per heavy atom. The van der Waals surface area contributed by atoms with Gasteiger partial charge in [0.1, 0.15) is 3.70 Å². The topological polar surface area (TPSA) is 71.5 Å². The molecule has 0 aliphatic heterocycles. The van der Waals surface area contributed by atoms with Crippen molar-refractivity contribution in [3.05, 3.63) is 21.0 Å². The maximum Gasteiger partial charge on any atom is 0.405 e. The summed E-state index contributed by atoms with van der Waals surface area (Å²) in [5, 5.41) is 11.6. The molecule has 5 nitrogen and oxygen atoms in total. The highest BCUT2D eigenvalue weighted by Gasteiger charge is 2.23. The summed E-state index contributed by atoms with van der Waals surface area (Å²) in [7, 11) is 0. The van der Waals surface area contributed by atoms with E-state index in [1.54, 1.807) is 6.07 Å². The van der Waals surface area contributed by atoms with Gasteiger partial charge in [-0.2, -0.15) is 0 Å². The Bertz CT molecular complexity index is 483. The highest BCUT2D eigenvalue weighted by Crippen LogP contribution is 2.24. The standard InChI is InChI=1S/C13H18ClIN2O3/c1-8(6-13(2,3)17-12(18)19)7-20-9-4-5-10(15)16-11(9)14/h4-5,8,17H,6-7H2,1-3H3,(H,18,19)/t8-/m0/s1. The van der Waals surface area contributed by atoms with Gasteiger partial charge in [0.15, 0.2) is 10.9 Å². The van der Waals surface area contributed by atoms with Crippen LogP contribution in [0.25, 0.3) is 0 Å². The molecule has 7 heteroatoms. The lowest BCUT2D eigenvalue weighted by molar-refractivity contribution is 0.169. The number of carboxylic acid groups (broad SMARTS) is 1. The van der Waals surface area contributed by atoms with Gasteiger partial charge < -0.3 is 15.2 Å². The Labute approximate surface area is 137 Å². The van der Waals surface area contributed by atoms with Gasteiger partial charge in [-0.25, -0.2) is 9.78 Å². The molecule has 1 atom stereocenters. The van der Waals surface area contributed by atoms with E-state index in [0.29, 0.717) is 23.9 Å². The van der Waals surface area contributed by atoms with Crippen LogP contribution < -0.4 is 10.1 Å². The normalized spacial score (nSPS) is 12.8. The molecule has 1 aromatic rings. The zero-order valence-electron chi connectivity index (χ0n) is 11.6. The van der Waals surface area contributed by atoms with E-state index in [1.165, 1.54) is 0 Å². The predicted octanol–water partition coefficient (Wildman–Crippen LogP) is 3.79. The second kappa shape index (κ2) is 7.31. The van der Waals surface area contributed by atoms with Gasteiger partial charge in [-0.15, -0.1) is 0 Å². The first-order valence-corrected chi connectivity index (χ1v) is 7.61. The molecule has 0 fully saturated rings. The van der Waals surface area contributed by atoms with Crippen molar-refractivity contribution in [1.29, 1.82) is 0 Å². The Morgan fingerprint density at radius 2 is 2.25 bits per heavy atom. The molecule has 20 heavy (non-hydrogen) atoms. The molecule has 0 saturated carbocycles. The molecule has 0 unspecified atom stereocenters. The molecule has 0 spiro atoms. The monoisotopic (exact) mass is 412 g/mol. The van der Waals surface area contributed by atoms with Crippen LogP contribution in [0.3, 0.4) is 0 Å². The van der Waals surface area contributed by atoms with Gasteiger partial charge in [0.05, 0.1) is 6.61 Å². The summed E-state index contributed by atoms with van der Waals surface area (Å²) in [5.41, 5.74) is -0.497. The molecule has 1 amide bonds. The summed E-state index contributed by atoms with van der Waals surface area (Å²) in [6, 6.07) is 3.60. The Morgan fingerprint density at radius 1 is 1.60 bits per heavy atom. The third-order valence-corrected chi connectivity index (χ3v) is 3.48. The van der Waals surface area contributed by atoms with Crippen LogP contribution >= 0.6 is 34.2 Å². The zero-order chi connectivity index (χ0) is 15.3. The molecular formula is C13H18ClIN2O3. The van der Waals surface area contributed by atoms with Gasteiger partial charge in [-0.1, -0.05) is 18.5 Å². The minimum absolute atomic E-state index is 0.173. The zero-order valence-corrected chi connectivity index (χ0v) is 14.5. The summed E-state index contributed by atoms with van der Waals surface area (Å²) in [6.45, 7) is 6.14. The van der Waals surface area contributed by atoms with Gasteiger partial charge in [0.25, 0.3) is 0 Å². The number of hydrogen-bond acceptors (Lipinski definition) is 3. The van der Waals surface area contributed by atoms with E-state index in [-0.39, 0.29) is 5.92 Å². The van der Waals surface area contributed by atoms with E-state index in [9.17, 15) is 4.79 Å². The van der Waals surface area contributed by atoms with Crippen molar-refractivity contribution in [3.8, 4) is 5.75 Å². The average molecular weight is 413 g/mol. The molecule has 2 N–H and O–H groups in total. The first-order valence-electron chi connectivity index (χ1n) is 6.15. The van der Waals surface area contributed by atoms with Crippen LogP contribution in [-0.4, -0.2) is 28.3 Å². The van der Waals surface area contributed by atoms with Gasteiger partial charge >= 0.3 is 6.09 Å². The van der Waals surface area contributed by atoms with Gasteiger partial charge in [-0.05, 0) is 60.9 Å². The minimum Gasteiger partial charge on any atom is -0.490 e. The van der Waals surface area contributed by atoms with Crippen LogP contribution in [0.15, 0.2) is 12.1 Å². The highest BCUT2D eigenvalue weighted by atomic mass is 127. The van der Waals surface area contributed by atoms with Crippen molar-refractivity contribution in [1.82, 2.24) is 10.3 Å². The molecule has 1 aromatic heterocycles. The predicted molar refractivity (Wildman–Crippen MR) is 86.5 cm³/mol. The molecule has 0 bridgehead atoms. The van der Waals surface area contributed by atoms with E-state index in [2.05, 4.69) is 32.9 Å². The number of amides is 1. The molecule has 1 rings (SSSR count). The summed E-state index contributed by atoms with van der Waals surface area (Å²) in [4.78, 5) is 14.8. The number of carbonyl (C=O) groups is 1. The van der Waals surface area contributed by atoms with Gasteiger partial charge in [0.2, 0.25) is 0 Å². The van der Waals surface area contributed by atoms with Crippen LogP contribution in [0.4, 0.5) is 4.79 Å². The Kier molecular flexibility index (Phi) is 6.32. The number of nitrogens with one attached hydrogen (secondary N) is 1. The van der Waals surface area contributed by atoms with Gasteiger partial charge in [0, 0.05) is 5.54 Å². The number of hydrogen-bond donors (Lipinski definition) is 2. The van der Waals surface area contributed by atoms with Crippen molar-refractivity contribution < 1.29 is 14.6 Å². The van der Waals surface area contributed by atoms with Crippen LogP contribution in [0.5, 0.6) is 5.75 Å². The molecule has 0 aliphatic carbocycles. The fourth-order valence-corrected chi connectivity index (χ4v) is 2.78. The quantitative estimate of drug-likeness (QED) is 0.551. The second-order valence-corrected chi connectivity index (χ2v) is 6.82. The molecule has 0 saturated heterocycles. The van der Waals surface area contributed by atoms with Crippen LogP contribution in [-0.2, 0) is 0 Å². The fourth-order valence-electron chi connectivity index (χ4n) is 2.01. The van der Waals surface area contributed by atoms with Crippen molar-refractivity contribution in [2.45, 2.75) is 32.7 Å². The Balaban J connectivity index is 2.50. The molecule has 0 aromatic carbocycles. The lowest BCUT2D eigenvalue weighted by Crippen LogP contribution is -2.44. The van der Waals surface area contributed by atoms with E-state index in [4.69, 9.17) is 21.4 Å². The second-order valence-electron chi connectivity index (χ2n) is 5.36. The van der Waals surface area contributed by atoms with E-state index in [0.717, 1.165) is 3.70 Å². The maximum atomic E-state index is 10.7. The first-order chi connectivity index (χ1) is 9.19. The number of nitrogens with zero attached hydrogens (tertiary/aromatic N) is 1. The van der Waals surface area contributed by atoms with Crippen LogP contribution in [0.1, 0.15) is 27.2 Å². The number of rotatable bonds is 6. The third kappa shape index (κ3) is 6.13. The lowest BCUT2D eigenvalue weighted by atomic mass is 9.92. The van der Waals surface area contributed by atoms with E-state index in [1.807, 2.05) is 26.8 Å². The highest BCUT2D eigenvalue weighted by molar-refractivity contribution is 14.1. The average Bonchev–Trinajstić information content (AvgIpc) is 2.24. The Hall–Kier alpha value is -0.760. The van der Waals surface area contributed by atoms with Crippen LogP contribution in [0.2, 0.25) is 5.15 Å². The number of aromatic nitrogens is 1. The molecule has 1 heterocycles. The number of ether oxygens (including phenoxy) is 1. The number of pyridine rings is 1. The smallest absolute Gasteiger partial charge is 0.405 e. The number of halogens is 2. The van der Waals surface area contributed by atoms with Crippen molar-refractivity contribution in [2.24, 2.45) is 5.92 Å². The lowest BCUT2D eigenvalue weighted by Gasteiger charge is -2.27. The molecule has 112 valence electrons. The van der Waals surface area contributed by atoms with Crippen LogP contribution in [0, 0.1) is 9.62 Å². The third-order valence-electron chi connectivity index (χ3n) is 2.61. The molecule has 0 radical (unpaired) electrons. The molecule has 0 aliphatic rings. The van der Waals surface area contributed by atoms with Gasteiger partial charge in [-0.3, -0.25) is 0 Å². The van der Waals surface area contributed by atoms with Crippen molar-refractivity contribution in [2.75, 3.05) is 6.61 Å². The van der Waals surface area contributed by atoms with E-state index >= 15 is 0 Å².